The predicted octanol–water partition coefficient (Wildman–Crippen LogP) is 4.94. The Labute approximate surface area is 189 Å². The Hall–Kier alpha value is -3.62. The lowest BCUT2D eigenvalue weighted by Gasteiger charge is -2.19. The summed E-state index contributed by atoms with van der Waals surface area (Å²) in [4.78, 5) is 25.3. The number of amides is 1. The van der Waals surface area contributed by atoms with E-state index in [1.807, 2.05) is 24.3 Å². The Morgan fingerprint density at radius 2 is 1.52 bits per heavy atom. The summed E-state index contributed by atoms with van der Waals surface area (Å²) in [5.74, 6) is -0.686. The van der Waals surface area contributed by atoms with Gasteiger partial charge in [-0.2, -0.15) is 18.3 Å². The van der Waals surface area contributed by atoms with Crippen LogP contribution in [0.15, 0.2) is 58.4 Å². The second-order valence-electron chi connectivity index (χ2n) is 8.76. The lowest BCUT2D eigenvalue weighted by atomic mass is 9.87. The van der Waals surface area contributed by atoms with E-state index in [9.17, 15) is 22.8 Å². The summed E-state index contributed by atoms with van der Waals surface area (Å²) in [5.41, 5.74) is 4.01. The summed E-state index contributed by atoms with van der Waals surface area (Å²) in [7, 11) is 0. The van der Waals surface area contributed by atoms with E-state index in [1.54, 1.807) is 13.8 Å². The van der Waals surface area contributed by atoms with Crippen molar-refractivity contribution in [2.45, 2.75) is 46.2 Å². The minimum Gasteiger partial charge on any atom is -0.295 e. The average Bonchev–Trinajstić information content (AvgIpc) is 3.04. The molecule has 0 saturated carbocycles. The normalized spacial score (nSPS) is 12.7. The number of aromatic nitrogens is 2. The van der Waals surface area contributed by atoms with Gasteiger partial charge in [0.25, 0.3) is 11.5 Å². The molecule has 1 amide bonds. The molecule has 2 aromatic carbocycles. The molecule has 1 aromatic heterocycles. The summed E-state index contributed by atoms with van der Waals surface area (Å²) in [6, 6.07) is 11.4. The SMILES string of the molecule is C/C(=N/NC(=O)c1ccc(C(F)(F)F)cc1)c1c(C)[nH]n(-c2ccc(C(C)(C)C)cc2)c1=O. The quantitative estimate of drug-likeness (QED) is 0.429. The van der Waals surface area contributed by atoms with Gasteiger partial charge in [0.05, 0.1) is 22.5 Å². The van der Waals surface area contributed by atoms with E-state index in [-0.39, 0.29) is 22.2 Å². The molecule has 0 saturated heterocycles. The van der Waals surface area contributed by atoms with Gasteiger partial charge in [-0.25, -0.2) is 10.1 Å². The molecule has 0 aliphatic heterocycles. The van der Waals surface area contributed by atoms with E-state index < -0.39 is 17.6 Å². The van der Waals surface area contributed by atoms with Gasteiger partial charge in [0.2, 0.25) is 0 Å². The highest BCUT2D eigenvalue weighted by Gasteiger charge is 2.30. The number of aromatic amines is 1. The molecular formula is C24H25F3N4O2. The fourth-order valence-electron chi connectivity index (χ4n) is 3.33. The number of halogens is 3. The average molecular weight is 458 g/mol. The van der Waals surface area contributed by atoms with Crippen LogP contribution in [0.3, 0.4) is 0 Å². The number of rotatable bonds is 4. The van der Waals surface area contributed by atoms with Crippen molar-refractivity contribution in [2.24, 2.45) is 5.10 Å². The summed E-state index contributed by atoms with van der Waals surface area (Å²) >= 11 is 0. The first-order chi connectivity index (χ1) is 15.3. The first-order valence-electron chi connectivity index (χ1n) is 10.2. The van der Waals surface area contributed by atoms with E-state index in [2.05, 4.69) is 36.4 Å². The van der Waals surface area contributed by atoms with Gasteiger partial charge in [0.1, 0.15) is 0 Å². The monoisotopic (exact) mass is 458 g/mol. The number of carbonyl (C=O) groups excluding carboxylic acids is 1. The molecule has 2 N–H and O–H groups in total. The van der Waals surface area contributed by atoms with E-state index in [0.717, 1.165) is 29.8 Å². The van der Waals surface area contributed by atoms with Crippen molar-refractivity contribution < 1.29 is 18.0 Å². The number of hydrogen-bond donors (Lipinski definition) is 2. The zero-order valence-corrected chi connectivity index (χ0v) is 19.0. The van der Waals surface area contributed by atoms with Gasteiger partial charge >= 0.3 is 6.18 Å². The number of aryl methyl sites for hydroxylation is 1. The van der Waals surface area contributed by atoms with Crippen LogP contribution in [-0.2, 0) is 11.6 Å². The minimum absolute atomic E-state index is 0.0155. The first kappa shape index (κ1) is 24.0. The smallest absolute Gasteiger partial charge is 0.295 e. The first-order valence-corrected chi connectivity index (χ1v) is 10.2. The zero-order valence-electron chi connectivity index (χ0n) is 19.0. The fourth-order valence-corrected chi connectivity index (χ4v) is 3.33. The Morgan fingerprint density at radius 1 is 0.970 bits per heavy atom. The van der Waals surface area contributed by atoms with Crippen molar-refractivity contribution in [2.75, 3.05) is 0 Å². The van der Waals surface area contributed by atoms with Crippen molar-refractivity contribution in [1.29, 1.82) is 0 Å². The molecule has 0 atom stereocenters. The molecule has 174 valence electrons. The van der Waals surface area contributed by atoms with Crippen molar-refractivity contribution in [1.82, 2.24) is 15.2 Å². The van der Waals surface area contributed by atoms with Gasteiger partial charge in [-0.05, 0) is 61.2 Å². The van der Waals surface area contributed by atoms with Crippen LogP contribution in [0, 0.1) is 6.92 Å². The van der Waals surface area contributed by atoms with Crippen LogP contribution in [0.5, 0.6) is 0 Å². The van der Waals surface area contributed by atoms with E-state index >= 15 is 0 Å². The van der Waals surface area contributed by atoms with Gasteiger partial charge in [0, 0.05) is 11.3 Å². The van der Waals surface area contributed by atoms with Crippen molar-refractivity contribution in [3.63, 3.8) is 0 Å². The highest BCUT2D eigenvalue weighted by molar-refractivity contribution is 6.01. The molecule has 9 heteroatoms. The van der Waals surface area contributed by atoms with Gasteiger partial charge in [-0.15, -0.1) is 0 Å². The summed E-state index contributed by atoms with van der Waals surface area (Å²) in [6.07, 6.45) is -4.48. The molecule has 0 spiro atoms. The van der Waals surface area contributed by atoms with E-state index in [4.69, 9.17) is 0 Å². The Morgan fingerprint density at radius 3 is 2.03 bits per heavy atom. The van der Waals surface area contributed by atoms with Crippen LogP contribution in [0.25, 0.3) is 5.69 Å². The van der Waals surface area contributed by atoms with Gasteiger partial charge < -0.3 is 0 Å². The van der Waals surface area contributed by atoms with Crippen LogP contribution in [0.1, 0.15) is 60.4 Å². The second-order valence-corrected chi connectivity index (χ2v) is 8.76. The summed E-state index contributed by atoms with van der Waals surface area (Å²) < 4.78 is 39.4. The maximum Gasteiger partial charge on any atom is 0.416 e. The number of alkyl halides is 3. The van der Waals surface area contributed by atoms with Crippen LogP contribution in [0.2, 0.25) is 0 Å². The summed E-state index contributed by atoms with van der Waals surface area (Å²) in [5, 5.41) is 6.99. The van der Waals surface area contributed by atoms with Crippen LogP contribution in [-0.4, -0.2) is 21.4 Å². The number of hydrazone groups is 1. The topological polar surface area (TPSA) is 79.2 Å². The minimum atomic E-state index is -4.48. The standard InChI is InChI=1S/C24H25F3N4O2/c1-14(28-29-21(32)16-6-8-18(9-7-16)24(25,26)27)20-15(2)30-31(22(20)33)19-12-10-17(11-13-19)23(3,4)5/h6-13,30H,1-5H3,(H,29,32)/b28-14-. The number of hydrogen-bond acceptors (Lipinski definition) is 3. The van der Waals surface area contributed by atoms with Gasteiger partial charge in [-0.3, -0.25) is 14.7 Å². The number of benzene rings is 2. The Kier molecular flexibility index (Phi) is 6.35. The molecule has 0 aliphatic carbocycles. The molecule has 3 rings (SSSR count). The number of nitrogens with zero attached hydrogens (tertiary/aromatic N) is 2. The largest absolute Gasteiger partial charge is 0.416 e. The van der Waals surface area contributed by atoms with Crippen LogP contribution >= 0.6 is 0 Å². The van der Waals surface area contributed by atoms with Gasteiger partial charge in [-0.1, -0.05) is 32.9 Å². The third kappa shape index (κ3) is 5.24. The van der Waals surface area contributed by atoms with Crippen molar-refractivity contribution >= 4 is 11.6 Å². The Balaban J connectivity index is 1.81. The number of nitrogens with one attached hydrogen (secondary N) is 2. The highest BCUT2D eigenvalue weighted by Crippen LogP contribution is 2.29. The third-order valence-corrected chi connectivity index (χ3v) is 5.22. The van der Waals surface area contributed by atoms with Gasteiger partial charge in [0.15, 0.2) is 0 Å². The lowest BCUT2D eigenvalue weighted by Crippen LogP contribution is -2.23. The zero-order chi connectivity index (χ0) is 24.6. The molecule has 1 heterocycles. The molecular weight excluding hydrogens is 433 g/mol. The molecule has 3 aromatic rings. The second kappa shape index (κ2) is 8.73. The maximum atomic E-state index is 13.0. The molecule has 0 radical (unpaired) electrons. The molecule has 0 fully saturated rings. The van der Waals surface area contributed by atoms with E-state index in [0.29, 0.717) is 16.9 Å². The van der Waals surface area contributed by atoms with Crippen molar-refractivity contribution in [3.8, 4) is 5.69 Å². The van der Waals surface area contributed by atoms with Crippen LogP contribution in [0.4, 0.5) is 13.2 Å². The predicted molar refractivity (Wildman–Crippen MR) is 121 cm³/mol. The summed E-state index contributed by atoms with van der Waals surface area (Å²) in [6.45, 7) is 9.59. The maximum absolute atomic E-state index is 13.0. The molecule has 6 nitrogen and oxygen atoms in total. The Bertz CT molecular complexity index is 1240. The van der Waals surface area contributed by atoms with Crippen molar-refractivity contribution in [3.05, 3.63) is 86.8 Å². The molecule has 0 bridgehead atoms. The number of H-pyrrole nitrogens is 1. The highest BCUT2D eigenvalue weighted by atomic mass is 19.4. The lowest BCUT2D eigenvalue weighted by molar-refractivity contribution is -0.137. The third-order valence-electron chi connectivity index (χ3n) is 5.22. The molecule has 0 aliphatic rings. The van der Waals surface area contributed by atoms with Crippen LogP contribution < -0.4 is 11.0 Å². The molecule has 33 heavy (non-hydrogen) atoms. The molecule has 0 unspecified atom stereocenters. The fraction of sp³-hybridized carbons (Fsp3) is 0.292. The number of carbonyl (C=O) groups is 1. The van der Waals surface area contributed by atoms with E-state index in [1.165, 1.54) is 4.68 Å².